The third-order valence-electron chi connectivity index (χ3n) is 5.17. The maximum atomic E-state index is 10.9. The van der Waals surface area contributed by atoms with Gasteiger partial charge in [0.15, 0.2) is 6.29 Å². The summed E-state index contributed by atoms with van der Waals surface area (Å²) in [4.78, 5) is 21.4. The van der Waals surface area contributed by atoms with Crippen LogP contribution in [0, 0.1) is 5.41 Å². The molecule has 0 atom stereocenters. The monoisotopic (exact) mass is 411 g/mol. The molecular weight excluding hydrogens is 382 g/mol. The minimum atomic E-state index is -0.0115. The van der Waals surface area contributed by atoms with Gasteiger partial charge in [-0.05, 0) is 51.2 Å². The number of hydrogen-bond donors (Lipinski definition) is 2. The lowest BCUT2D eigenvalue weighted by atomic mass is 10.0. The molecule has 0 aliphatic carbocycles. The first-order valence-electron chi connectivity index (χ1n) is 10.3. The van der Waals surface area contributed by atoms with E-state index in [4.69, 9.17) is 20.6 Å². The highest BCUT2D eigenvalue weighted by molar-refractivity contribution is 6.15. The molecule has 2 aromatic rings. The van der Waals surface area contributed by atoms with Crippen LogP contribution in [0.5, 0.6) is 5.88 Å². The first kappa shape index (κ1) is 21.9. The van der Waals surface area contributed by atoms with Crippen molar-refractivity contribution in [3.8, 4) is 5.88 Å². The van der Waals surface area contributed by atoms with Crippen molar-refractivity contribution in [2.45, 2.75) is 31.8 Å². The Hall–Kier alpha value is -2.84. The molecule has 30 heavy (non-hydrogen) atoms. The van der Waals surface area contributed by atoms with Gasteiger partial charge in [-0.1, -0.05) is 0 Å². The number of pyridine rings is 2. The number of carbonyl (C=O) groups is 1. The Labute approximate surface area is 176 Å². The second-order valence-electron chi connectivity index (χ2n) is 7.48. The molecule has 8 nitrogen and oxygen atoms in total. The van der Waals surface area contributed by atoms with E-state index >= 15 is 0 Å². The summed E-state index contributed by atoms with van der Waals surface area (Å²) in [5.74, 6) is 0.330. The van der Waals surface area contributed by atoms with E-state index in [0.717, 1.165) is 12.8 Å². The number of nitrogen functional groups attached to an aromatic ring is 1. The van der Waals surface area contributed by atoms with Gasteiger partial charge in [0.05, 0.1) is 24.5 Å². The van der Waals surface area contributed by atoms with Crippen LogP contribution in [0.3, 0.4) is 0 Å². The number of rotatable bonds is 5. The molecule has 0 radical (unpaired) electrons. The molecule has 2 aromatic heterocycles. The van der Waals surface area contributed by atoms with Gasteiger partial charge < -0.3 is 20.1 Å². The average molecular weight is 412 g/mol. The Bertz CT molecular complexity index is 862. The fourth-order valence-corrected chi connectivity index (χ4v) is 3.44. The third kappa shape index (κ3) is 5.84. The number of aromatic nitrogens is 2. The fraction of sp³-hybridized carbons (Fsp3) is 0.455. The molecule has 2 fully saturated rings. The maximum absolute atomic E-state index is 10.9. The van der Waals surface area contributed by atoms with Crippen molar-refractivity contribution in [2.75, 3.05) is 39.1 Å². The highest BCUT2D eigenvalue weighted by Gasteiger charge is 2.21. The van der Waals surface area contributed by atoms with Crippen LogP contribution in [0.4, 0.5) is 5.69 Å². The highest BCUT2D eigenvalue weighted by Crippen LogP contribution is 2.27. The zero-order valence-corrected chi connectivity index (χ0v) is 17.3. The molecule has 2 aliphatic heterocycles. The molecule has 160 valence electrons. The number of carbonyl (C=O) groups excluding carboxylic acids is 1. The summed E-state index contributed by atoms with van der Waals surface area (Å²) in [5.41, 5.74) is 7.83. The fourth-order valence-electron chi connectivity index (χ4n) is 3.44. The lowest BCUT2D eigenvalue weighted by molar-refractivity contribution is 0.0237. The van der Waals surface area contributed by atoms with E-state index in [0.29, 0.717) is 42.2 Å². The Morgan fingerprint density at radius 1 is 1.23 bits per heavy atom. The normalized spacial score (nSPS) is 17.1. The largest absolute Gasteiger partial charge is 0.474 e. The highest BCUT2D eigenvalue weighted by atomic mass is 16.5. The van der Waals surface area contributed by atoms with Crippen LogP contribution in [-0.4, -0.2) is 66.3 Å². The Morgan fingerprint density at radius 3 is 2.57 bits per heavy atom. The molecule has 4 rings (SSSR count). The summed E-state index contributed by atoms with van der Waals surface area (Å²) in [6.07, 6.45) is 8.04. The van der Waals surface area contributed by atoms with Crippen LogP contribution in [0.15, 0.2) is 30.6 Å². The average Bonchev–Trinajstić information content (AvgIpc) is 3.25. The van der Waals surface area contributed by atoms with Crippen molar-refractivity contribution in [2.24, 2.45) is 0 Å². The summed E-state index contributed by atoms with van der Waals surface area (Å²) in [6, 6.07) is 4.82. The number of ether oxygens (including phenoxy) is 2. The summed E-state index contributed by atoms with van der Waals surface area (Å²) in [6.45, 7) is 3.93. The molecule has 4 heterocycles. The quantitative estimate of drug-likeness (QED) is 0.574. The summed E-state index contributed by atoms with van der Waals surface area (Å²) < 4.78 is 11.3. The number of nitrogens with zero attached hydrogens (tertiary/aromatic N) is 3. The predicted octanol–water partition coefficient (Wildman–Crippen LogP) is 2.56. The second-order valence-corrected chi connectivity index (χ2v) is 7.48. The number of aldehydes is 1. The van der Waals surface area contributed by atoms with E-state index in [-0.39, 0.29) is 17.5 Å². The lowest BCUT2D eigenvalue weighted by Crippen LogP contribution is -2.27. The van der Waals surface area contributed by atoms with Crippen LogP contribution in [-0.2, 0) is 4.74 Å². The van der Waals surface area contributed by atoms with E-state index in [1.165, 1.54) is 32.1 Å². The number of nitrogens with two attached hydrogens (primary N) is 1. The number of nitrogens with one attached hydrogen (secondary N) is 1. The molecule has 0 spiro atoms. The van der Waals surface area contributed by atoms with Crippen LogP contribution in [0.1, 0.15) is 47.3 Å². The van der Waals surface area contributed by atoms with Gasteiger partial charge in [0.25, 0.3) is 0 Å². The number of likely N-dealkylation sites (tertiary alicyclic amines) is 1. The molecule has 0 aromatic carbocycles. The van der Waals surface area contributed by atoms with Crippen molar-refractivity contribution >= 4 is 17.7 Å². The van der Waals surface area contributed by atoms with Gasteiger partial charge >= 0.3 is 0 Å². The van der Waals surface area contributed by atoms with Gasteiger partial charge in [-0.3, -0.25) is 15.2 Å². The van der Waals surface area contributed by atoms with Gasteiger partial charge in [0.1, 0.15) is 11.8 Å². The van der Waals surface area contributed by atoms with E-state index < -0.39 is 0 Å². The Morgan fingerprint density at radius 2 is 1.93 bits per heavy atom. The van der Waals surface area contributed by atoms with Gasteiger partial charge in [0.2, 0.25) is 5.88 Å². The van der Waals surface area contributed by atoms with E-state index in [9.17, 15) is 4.79 Å². The number of hydrogen-bond acceptors (Lipinski definition) is 8. The van der Waals surface area contributed by atoms with Crippen molar-refractivity contribution < 1.29 is 14.3 Å². The molecule has 0 amide bonds. The van der Waals surface area contributed by atoms with Crippen LogP contribution >= 0.6 is 0 Å². The van der Waals surface area contributed by atoms with Crippen molar-refractivity contribution in [3.63, 3.8) is 0 Å². The predicted molar refractivity (Wildman–Crippen MR) is 115 cm³/mol. The topological polar surface area (TPSA) is 114 Å². The van der Waals surface area contributed by atoms with Gasteiger partial charge in [-0.25, -0.2) is 4.98 Å². The molecule has 0 saturated carbocycles. The first-order valence-corrected chi connectivity index (χ1v) is 10.3. The molecule has 2 saturated heterocycles. The van der Waals surface area contributed by atoms with Crippen molar-refractivity contribution in [1.82, 2.24) is 14.9 Å². The third-order valence-corrected chi connectivity index (χ3v) is 5.17. The Balaban J connectivity index is 0.000000367. The smallest absolute Gasteiger partial charge is 0.225 e. The van der Waals surface area contributed by atoms with Gasteiger partial charge in [-0.15, -0.1) is 0 Å². The summed E-state index contributed by atoms with van der Waals surface area (Å²) >= 11 is 0. The van der Waals surface area contributed by atoms with Crippen molar-refractivity contribution in [3.05, 3.63) is 47.4 Å². The molecular formula is C22H29N5O3. The SMILES string of the molecule is CN1CCCC1.N=C(c1ccnc(C=O)c1)c1c(N)ccnc1OC1CCOCC1. The van der Waals surface area contributed by atoms with Crippen LogP contribution < -0.4 is 10.5 Å². The van der Waals surface area contributed by atoms with Crippen molar-refractivity contribution in [1.29, 1.82) is 5.41 Å². The van der Waals surface area contributed by atoms with E-state index in [1.807, 2.05) is 0 Å². The Kier molecular flexibility index (Phi) is 7.87. The van der Waals surface area contributed by atoms with E-state index in [2.05, 4.69) is 21.9 Å². The number of anilines is 1. The summed E-state index contributed by atoms with van der Waals surface area (Å²) in [5, 5.41) is 8.47. The molecule has 8 heteroatoms. The minimum absolute atomic E-state index is 0.0115. The van der Waals surface area contributed by atoms with Gasteiger partial charge in [0, 0.05) is 36.5 Å². The van der Waals surface area contributed by atoms with Gasteiger partial charge in [-0.2, -0.15) is 0 Å². The first-order chi connectivity index (χ1) is 14.6. The van der Waals surface area contributed by atoms with E-state index in [1.54, 1.807) is 24.4 Å². The molecule has 3 N–H and O–H groups in total. The second kappa shape index (κ2) is 10.8. The molecule has 0 bridgehead atoms. The standard InChI is InChI=1S/C17H18N4O3.C5H11N/c18-14-2-6-21-17(24-13-3-7-23-8-4-13)15(14)16(19)11-1-5-20-12(9-11)10-22;1-6-4-2-3-5-6/h1-2,5-6,9-10,13,19H,3-4,7-8H2,(H2,18,21);2-5H2,1H3. The minimum Gasteiger partial charge on any atom is -0.474 e. The molecule has 0 unspecified atom stereocenters. The summed E-state index contributed by atoms with van der Waals surface area (Å²) in [7, 11) is 2.17. The molecule has 2 aliphatic rings. The lowest BCUT2D eigenvalue weighted by Gasteiger charge is -2.24. The maximum Gasteiger partial charge on any atom is 0.225 e. The zero-order chi connectivity index (χ0) is 21.3. The van der Waals surface area contributed by atoms with Crippen LogP contribution in [0.25, 0.3) is 0 Å². The van der Waals surface area contributed by atoms with Crippen LogP contribution in [0.2, 0.25) is 0 Å². The zero-order valence-electron chi connectivity index (χ0n) is 17.3.